The first-order valence-electron chi connectivity index (χ1n) is 8.89. The first kappa shape index (κ1) is 18.0. The number of carbonyl (C=O) groups is 2. The van der Waals surface area contributed by atoms with E-state index in [-0.39, 0.29) is 18.2 Å². The number of hydrogen-bond acceptors (Lipinski definition) is 3. The summed E-state index contributed by atoms with van der Waals surface area (Å²) in [5, 5.41) is 2.95. The van der Waals surface area contributed by atoms with Crippen molar-refractivity contribution in [1.29, 1.82) is 0 Å². The summed E-state index contributed by atoms with van der Waals surface area (Å²) < 4.78 is 5.30. The van der Waals surface area contributed by atoms with E-state index in [9.17, 15) is 9.59 Å². The zero-order chi connectivity index (χ0) is 18.5. The third kappa shape index (κ3) is 4.23. The second kappa shape index (κ2) is 8.04. The molecule has 3 rings (SSSR count). The van der Waals surface area contributed by atoms with Gasteiger partial charge in [0, 0.05) is 12.1 Å². The number of para-hydroxylation sites is 1. The van der Waals surface area contributed by atoms with Gasteiger partial charge in [-0.3, -0.25) is 9.59 Å². The Morgan fingerprint density at radius 1 is 1.23 bits per heavy atom. The van der Waals surface area contributed by atoms with Crippen molar-refractivity contribution in [2.45, 2.75) is 38.0 Å². The van der Waals surface area contributed by atoms with E-state index in [2.05, 4.69) is 17.4 Å². The molecule has 0 heterocycles. The molecule has 2 aromatic rings. The standard InChI is InChI=1S/C21H24N2O3/c1-26-17-9-10-18-14(11-17)6-4-7-15(18)13-21(25)23-19-8-3-2-5-16(19)12-20(22)24/h2-3,5,8-11,15H,4,6-7,12-13H2,1H3,(H2,22,24)(H,23,25). The lowest BCUT2D eigenvalue weighted by Crippen LogP contribution is -2.20. The average Bonchev–Trinajstić information content (AvgIpc) is 2.62. The highest BCUT2D eigenvalue weighted by atomic mass is 16.5. The predicted octanol–water partition coefficient (Wildman–Crippen LogP) is 3.17. The first-order valence-corrected chi connectivity index (χ1v) is 8.89. The molecule has 5 nitrogen and oxygen atoms in total. The van der Waals surface area contributed by atoms with Crippen LogP contribution in [0.5, 0.6) is 5.75 Å². The molecule has 5 heteroatoms. The number of aryl methyl sites for hydroxylation is 1. The first-order chi connectivity index (χ1) is 12.6. The molecule has 3 N–H and O–H groups in total. The number of rotatable bonds is 6. The zero-order valence-corrected chi connectivity index (χ0v) is 15.0. The van der Waals surface area contributed by atoms with Gasteiger partial charge in [0.25, 0.3) is 0 Å². The van der Waals surface area contributed by atoms with Gasteiger partial charge in [-0.2, -0.15) is 0 Å². The van der Waals surface area contributed by atoms with Crippen molar-refractivity contribution in [3.05, 3.63) is 59.2 Å². The quantitative estimate of drug-likeness (QED) is 0.838. The molecule has 1 unspecified atom stereocenters. The van der Waals surface area contributed by atoms with E-state index in [1.165, 1.54) is 11.1 Å². The Balaban J connectivity index is 1.71. The van der Waals surface area contributed by atoms with Gasteiger partial charge in [-0.25, -0.2) is 0 Å². The van der Waals surface area contributed by atoms with Crippen molar-refractivity contribution >= 4 is 17.5 Å². The van der Waals surface area contributed by atoms with Crippen molar-refractivity contribution in [2.75, 3.05) is 12.4 Å². The molecule has 0 saturated heterocycles. The van der Waals surface area contributed by atoms with Gasteiger partial charge >= 0.3 is 0 Å². The van der Waals surface area contributed by atoms with Gasteiger partial charge in [0.05, 0.1) is 13.5 Å². The van der Waals surface area contributed by atoms with E-state index in [0.717, 1.165) is 30.6 Å². The summed E-state index contributed by atoms with van der Waals surface area (Å²) in [4.78, 5) is 23.8. The van der Waals surface area contributed by atoms with Crippen molar-refractivity contribution in [3.8, 4) is 5.75 Å². The molecule has 0 fully saturated rings. The lowest BCUT2D eigenvalue weighted by Gasteiger charge is -2.25. The minimum Gasteiger partial charge on any atom is -0.497 e. The van der Waals surface area contributed by atoms with Crippen LogP contribution < -0.4 is 15.8 Å². The smallest absolute Gasteiger partial charge is 0.224 e. The molecule has 1 aliphatic carbocycles. The molecule has 26 heavy (non-hydrogen) atoms. The van der Waals surface area contributed by atoms with E-state index in [1.54, 1.807) is 13.2 Å². The second-order valence-corrected chi connectivity index (χ2v) is 6.71. The molecular formula is C21H24N2O3. The van der Waals surface area contributed by atoms with Gasteiger partial charge in [0.15, 0.2) is 0 Å². The van der Waals surface area contributed by atoms with Crippen LogP contribution in [0.2, 0.25) is 0 Å². The summed E-state index contributed by atoms with van der Waals surface area (Å²) >= 11 is 0. The number of ether oxygens (including phenoxy) is 1. The van der Waals surface area contributed by atoms with Crippen molar-refractivity contribution in [1.82, 2.24) is 0 Å². The van der Waals surface area contributed by atoms with Crippen molar-refractivity contribution in [2.24, 2.45) is 5.73 Å². The minimum absolute atomic E-state index is 0.0458. The fourth-order valence-electron chi connectivity index (χ4n) is 3.64. The minimum atomic E-state index is -0.415. The molecule has 1 atom stereocenters. The average molecular weight is 352 g/mol. The van der Waals surface area contributed by atoms with Gasteiger partial charge in [0.2, 0.25) is 11.8 Å². The van der Waals surface area contributed by atoms with Crippen molar-refractivity contribution in [3.63, 3.8) is 0 Å². The van der Waals surface area contributed by atoms with E-state index < -0.39 is 5.91 Å². The summed E-state index contributed by atoms with van der Waals surface area (Å²) in [6, 6.07) is 13.4. The van der Waals surface area contributed by atoms with Gasteiger partial charge in [-0.1, -0.05) is 24.3 Å². The van der Waals surface area contributed by atoms with E-state index in [4.69, 9.17) is 10.5 Å². The molecule has 2 aromatic carbocycles. The summed E-state index contributed by atoms with van der Waals surface area (Å²) in [5.74, 6) is 0.597. The molecule has 136 valence electrons. The Morgan fingerprint density at radius 3 is 2.81 bits per heavy atom. The summed E-state index contributed by atoms with van der Waals surface area (Å²) in [6.45, 7) is 0. The fourth-order valence-corrected chi connectivity index (χ4v) is 3.64. The van der Waals surface area contributed by atoms with Gasteiger partial charge < -0.3 is 15.8 Å². The SMILES string of the molecule is COc1ccc2c(c1)CCCC2CC(=O)Nc1ccccc1CC(N)=O. The van der Waals surface area contributed by atoms with Crippen LogP contribution >= 0.6 is 0 Å². The van der Waals surface area contributed by atoms with Crippen LogP contribution in [0.1, 0.15) is 41.9 Å². The maximum atomic E-state index is 12.6. The molecule has 0 aliphatic heterocycles. The fraction of sp³-hybridized carbons (Fsp3) is 0.333. The highest BCUT2D eigenvalue weighted by Crippen LogP contribution is 2.36. The molecule has 0 bridgehead atoms. The van der Waals surface area contributed by atoms with E-state index in [0.29, 0.717) is 12.1 Å². The zero-order valence-electron chi connectivity index (χ0n) is 15.0. The Morgan fingerprint density at radius 2 is 2.04 bits per heavy atom. The van der Waals surface area contributed by atoms with E-state index in [1.807, 2.05) is 24.3 Å². The molecule has 2 amide bonds. The Hall–Kier alpha value is -2.82. The largest absolute Gasteiger partial charge is 0.497 e. The topological polar surface area (TPSA) is 81.4 Å². The number of nitrogens with one attached hydrogen (secondary N) is 1. The van der Waals surface area contributed by atoms with Crippen LogP contribution in [0.3, 0.4) is 0 Å². The summed E-state index contributed by atoms with van der Waals surface area (Å²) in [7, 11) is 1.67. The maximum Gasteiger partial charge on any atom is 0.224 e. The molecule has 1 aliphatic rings. The number of fused-ring (bicyclic) bond motifs is 1. The van der Waals surface area contributed by atoms with Gasteiger partial charge in [-0.15, -0.1) is 0 Å². The van der Waals surface area contributed by atoms with Crippen LogP contribution in [-0.2, 0) is 22.4 Å². The summed E-state index contributed by atoms with van der Waals surface area (Å²) in [5.41, 5.74) is 9.18. The number of amides is 2. The maximum absolute atomic E-state index is 12.6. The molecule has 0 saturated carbocycles. The number of nitrogens with two attached hydrogens (primary N) is 1. The van der Waals surface area contributed by atoms with E-state index >= 15 is 0 Å². The Kier molecular flexibility index (Phi) is 5.56. The monoisotopic (exact) mass is 352 g/mol. The lowest BCUT2D eigenvalue weighted by molar-refractivity contribution is -0.118. The molecular weight excluding hydrogens is 328 g/mol. The molecule has 0 radical (unpaired) electrons. The van der Waals surface area contributed by atoms with Crippen LogP contribution in [-0.4, -0.2) is 18.9 Å². The third-order valence-corrected chi connectivity index (χ3v) is 4.88. The number of anilines is 1. The van der Waals surface area contributed by atoms with Gasteiger partial charge in [0.1, 0.15) is 5.75 Å². The highest BCUT2D eigenvalue weighted by Gasteiger charge is 2.23. The predicted molar refractivity (Wildman–Crippen MR) is 101 cm³/mol. The summed E-state index contributed by atoms with van der Waals surface area (Å²) in [6.07, 6.45) is 3.62. The number of primary amides is 1. The van der Waals surface area contributed by atoms with Crippen molar-refractivity contribution < 1.29 is 14.3 Å². The third-order valence-electron chi connectivity index (χ3n) is 4.88. The number of methoxy groups -OCH3 is 1. The molecule has 0 aromatic heterocycles. The van der Waals surface area contributed by atoms with Crippen LogP contribution in [0, 0.1) is 0 Å². The number of hydrogen-bond donors (Lipinski definition) is 2. The normalized spacial score (nSPS) is 15.8. The second-order valence-electron chi connectivity index (χ2n) is 6.71. The lowest BCUT2D eigenvalue weighted by atomic mass is 9.81. The number of benzene rings is 2. The van der Waals surface area contributed by atoms with Crippen LogP contribution in [0.25, 0.3) is 0 Å². The Labute approximate surface area is 153 Å². The van der Waals surface area contributed by atoms with Crippen LogP contribution in [0.4, 0.5) is 5.69 Å². The highest BCUT2D eigenvalue weighted by molar-refractivity contribution is 5.93. The Bertz CT molecular complexity index is 817. The molecule has 0 spiro atoms. The van der Waals surface area contributed by atoms with Gasteiger partial charge in [-0.05, 0) is 60.1 Å². The van der Waals surface area contributed by atoms with Crippen LogP contribution in [0.15, 0.2) is 42.5 Å². The number of carbonyl (C=O) groups excluding carboxylic acids is 2.